The van der Waals surface area contributed by atoms with Gasteiger partial charge in [0.1, 0.15) is 17.2 Å². The zero-order chi connectivity index (χ0) is 21.5. The molecule has 0 saturated carbocycles. The van der Waals surface area contributed by atoms with Gasteiger partial charge in [-0.05, 0) is 17.7 Å². The van der Waals surface area contributed by atoms with Crippen molar-refractivity contribution in [1.82, 2.24) is 19.8 Å². The van der Waals surface area contributed by atoms with E-state index >= 15 is 0 Å². The van der Waals surface area contributed by atoms with E-state index in [1.807, 2.05) is 0 Å². The molecule has 1 atom stereocenters. The van der Waals surface area contributed by atoms with Gasteiger partial charge < -0.3 is 25.2 Å². The molecule has 1 fully saturated rings. The first-order valence-corrected chi connectivity index (χ1v) is 9.29. The summed E-state index contributed by atoms with van der Waals surface area (Å²) in [6.45, 7) is 0.472. The van der Waals surface area contributed by atoms with Crippen molar-refractivity contribution in [3.05, 3.63) is 57.5 Å². The molecule has 30 heavy (non-hydrogen) atoms. The minimum absolute atomic E-state index is 0.0316. The predicted molar refractivity (Wildman–Crippen MR) is 99.6 cm³/mol. The molecule has 4 rings (SSSR count). The second-order valence-corrected chi connectivity index (χ2v) is 7.20. The van der Waals surface area contributed by atoms with Gasteiger partial charge in [-0.2, -0.15) is 0 Å². The highest BCUT2D eigenvalue weighted by atomic mass is 19.1. The van der Waals surface area contributed by atoms with Gasteiger partial charge in [0, 0.05) is 19.5 Å². The molecular weight excluding hydrogens is 399 g/mol. The molecule has 0 radical (unpaired) electrons. The van der Waals surface area contributed by atoms with Gasteiger partial charge in [0.15, 0.2) is 5.69 Å². The molecule has 158 valence electrons. The number of likely N-dealkylation sites (tertiary alicyclic amines) is 1. The quantitative estimate of drug-likeness (QED) is 0.665. The highest BCUT2D eigenvalue weighted by molar-refractivity contribution is 5.94. The Morgan fingerprint density at radius 2 is 2.00 bits per heavy atom. The van der Waals surface area contributed by atoms with Gasteiger partial charge in [-0.3, -0.25) is 14.2 Å². The number of nitrogens with one attached hydrogen (secondary N) is 1. The summed E-state index contributed by atoms with van der Waals surface area (Å²) >= 11 is 0. The molecule has 1 spiro atoms. The van der Waals surface area contributed by atoms with Crippen molar-refractivity contribution in [3.8, 4) is 5.75 Å². The summed E-state index contributed by atoms with van der Waals surface area (Å²) in [5.74, 6) is -1.87. The highest BCUT2D eigenvalue weighted by Crippen LogP contribution is 2.37. The largest absolute Gasteiger partial charge is 0.501 e. The third kappa shape index (κ3) is 3.36. The van der Waals surface area contributed by atoms with E-state index in [-0.39, 0.29) is 45.0 Å². The summed E-state index contributed by atoms with van der Waals surface area (Å²) in [5.41, 5.74) is -1.79. The van der Waals surface area contributed by atoms with Gasteiger partial charge in [0.25, 0.3) is 11.5 Å². The number of carbonyl (C=O) groups is 2. The van der Waals surface area contributed by atoms with E-state index in [4.69, 9.17) is 4.74 Å². The van der Waals surface area contributed by atoms with Crippen molar-refractivity contribution in [2.75, 3.05) is 19.7 Å². The smallest absolute Gasteiger partial charge is 0.407 e. The number of nitrogens with zero attached hydrogens (tertiary/aromatic N) is 3. The molecule has 1 unspecified atom stereocenters. The zero-order valence-corrected chi connectivity index (χ0v) is 15.8. The fourth-order valence-electron chi connectivity index (χ4n) is 3.77. The van der Waals surface area contributed by atoms with Crippen LogP contribution in [0.1, 0.15) is 28.3 Å². The molecule has 2 aliphatic heterocycles. The van der Waals surface area contributed by atoms with Crippen molar-refractivity contribution in [1.29, 1.82) is 0 Å². The lowest BCUT2D eigenvalue weighted by atomic mass is 9.99. The first kappa shape index (κ1) is 19.8. The SMILES string of the molecule is O=C(NCc1ccc(F)cc1)c1nc2n(c(=O)c1O)CCOC21CCN(C(=O)O)C1. The minimum atomic E-state index is -1.16. The zero-order valence-electron chi connectivity index (χ0n) is 15.8. The van der Waals surface area contributed by atoms with Gasteiger partial charge in [0.2, 0.25) is 5.75 Å². The molecule has 3 heterocycles. The van der Waals surface area contributed by atoms with E-state index < -0.39 is 40.4 Å². The molecule has 1 aromatic heterocycles. The number of carbonyl (C=O) groups excluding carboxylic acids is 1. The second-order valence-electron chi connectivity index (χ2n) is 7.20. The average Bonchev–Trinajstić information content (AvgIpc) is 3.15. The molecule has 2 amide bonds. The van der Waals surface area contributed by atoms with E-state index in [0.717, 1.165) is 4.90 Å². The van der Waals surface area contributed by atoms with E-state index in [1.165, 1.54) is 28.8 Å². The Morgan fingerprint density at radius 3 is 2.67 bits per heavy atom. The van der Waals surface area contributed by atoms with Crippen LogP contribution >= 0.6 is 0 Å². The molecule has 2 aliphatic rings. The van der Waals surface area contributed by atoms with Crippen LogP contribution in [0.5, 0.6) is 5.75 Å². The number of aromatic hydroxyl groups is 1. The first-order valence-electron chi connectivity index (χ1n) is 9.29. The monoisotopic (exact) mass is 418 g/mol. The van der Waals surface area contributed by atoms with Gasteiger partial charge in [0.05, 0.1) is 19.7 Å². The fourth-order valence-corrected chi connectivity index (χ4v) is 3.77. The summed E-state index contributed by atoms with van der Waals surface area (Å²) in [6, 6.07) is 5.48. The van der Waals surface area contributed by atoms with Crippen molar-refractivity contribution in [3.63, 3.8) is 0 Å². The number of ether oxygens (including phenoxy) is 1. The molecule has 3 N–H and O–H groups in total. The normalized spacial score (nSPS) is 20.2. The fraction of sp³-hybridized carbons (Fsp3) is 0.368. The lowest BCUT2D eigenvalue weighted by Gasteiger charge is -2.35. The van der Waals surface area contributed by atoms with E-state index in [9.17, 15) is 29.0 Å². The Bertz CT molecular complexity index is 1070. The van der Waals surface area contributed by atoms with Crippen molar-refractivity contribution >= 4 is 12.0 Å². The summed E-state index contributed by atoms with van der Waals surface area (Å²) in [5, 5.41) is 22.1. The number of carboxylic acid groups (broad SMARTS) is 1. The predicted octanol–water partition coefficient (Wildman–Crippen LogP) is 0.627. The lowest BCUT2D eigenvalue weighted by molar-refractivity contribution is -0.0743. The molecule has 0 aliphatic carbocycles. The first-order chi connectivity index (χ1) is 14.3. The van der Waals surface area contributed by atoms with Crippen LogP contribution in [0.2, 0.25) is 0 Å². The Hall–Kier alpha value is -3.47. The number of rotatable bonds is 3. The van der Waals surface area contributed by atoms with E-state index in [2.05, 4.69) is 10.3 Å². The molecule has 2 aromatic rings. The number of benzene rings is 1. The Labute approximate surface area is 169 Å². The second kappa shape index (κ2) is 7.41. The van der Waals surface area contributed by atoms with Crippen molar-refractivity contribution in [2.24, 2.45) is 0 Å². The number of aromatic nitrogens is 2. The van der Waals surface area contributed by atoms with Gasteiger partial charge in [-0.15, -0.1) is 0 Å². The number of fused-ring (bicyclic) bond motifs is 2. The number of halogens is 1. The van der Waals surface area contributed by atoms with Gasteiger partial charge in [-0.25, -0.2) is 14.2 Å². The van der Waals surface area contributed by atoms with Crippen LogP contribution in [0, 0.1) is 5.82 Å². The topological polar surface area (TPSA) is 134 Å². The molecule has 0 bridgehead atoms. The third-order valence-corrected chi connectivity index (χ3v) is 5.33. The average molecular weight is 418 g/mol. The van der Waals surface area contributed by atoms with Crippen LogP contribution in [0.25, 0.3) is 0 Å². The highest BCUT2D eigenvalue weighted by Gasteiger charge is 2.48. The van der Waals surface area contributed by atoms with E-state index in [1.54, 1.807) is 0 Å². The molecule has 1 aromatic carbocycles. The van der Waals surface area contributed by atoms with Gasteiger partial charge in [-0.1, -0.05) is 12.1 Å². The van der Waals surface area contributed by atoms with Crippen LogP contribution in [0.3, 0.4) is 0 Å². The van der Waals surface area contributed by atoms with Crippen LogP contribution < -0.4 is 10.9 Å². The van der Waals surface area contributed by atoms with Gasteiger partial charge >= 0.3 is 6.09 Å². The van der Waals surface area contributed by atoms with Crippen LogP contribution in [0.4, 0.5) is 9.18 Å². The lowest BCUT2D eigenvalue weighted by Crippen LogP contribution is -2.47. The third-order valence-electron chi connectivity index (χ3n) is 5.33. The molecule has 10 nitrogen and oxygen atoms in total. The Balaban J connectivity index is 1.65. The number of hydrogen-bond acceptors (Lipinski definition) is 6. The maximum absolute atomic E-state index is 13.0. The summed E-state index contributed by atoms with van der Waals surface area (Å²) < 4.78 is 20.1. The minimum Gasteiger partial charge on any atom is -0.501 e. The molecule has 1 saturated heterocycles. The number of amides is 2. The van der Waals surface area contributed by atoms with Crippen molar-refractivity contribution < 1.29 is 28.9 Å². The van der Waals surface area contributed by atoms with Crippen LogP contribution in [-0.2, 0) is 23.4 Å². The Morgan fingerprint density at radius 1 is 1.27 bits per heavy atom. The Kier molecular flexibility index (Phi) is 4.90. The molecule has 11 heteroatoms. The summed E-state index contributed by atoms with van der Waals surface area (Å²) in [7, 11) is 0. The maximum Gasteiger partial charge on any atom is 0.407 e. The van der Waals surface area contributed by atoms with Crippen LogP contribution in [0.15, 0.2) is 29.1 Å². The van der Waals surface area contributed by atoms with Crippen LogP contribution in [-0.4, -0.2) is 56.4 Å². The van der Waals surface area contributed by atoms with Crippen molar-refractivity contribution in [2.45, 2.75) is 25.1 Å². The summed E-state index contributed by atoms with van der Waals surface area (Å²) in [6.07, 6.45) is -0.848. The van der Waals surface area contributed by atoms with E-state index in [0.29, 0.717) is 5.56 Å². The number of hydrogen-bond donors (Lipinski definition) is 3. The molecular formula is C19H19FN4O6. The standard InChI is InChI=1S/C19H19FN4O6/c20-12-3-1-11(2-4-12)9-21-15(26)13-14(25)16(27)24-7-8-30-19(17(24)22-13)5-6-23(10-19)18(28)29/h1-4,25H,5-10H2,(H,21,26)(H,28,29). The maximum atomic E-state index is 13.0. The summed E-state index contributed by atoms with van der Waals surface area (Å²) in [4.78, 5) is 42.0.